The van der Waals surface area contributed by atoms with Crippen molar-refractivity contribution in [1.29, 1.82) is 0 Å². The largest absolute Gasteiger partial charge is 0.480 e. The lowest BCUT2D eigenvalue weighted by atomic mass is 10.1. The first-order valence-corrected chi connectivity index (χ1v) is 7.31. The number of carbonyl (C=O) groups is 2. The maximum atomic E-state index is 11.8. The van der Waals surface area contributed by atoms with Crippen LogP contribution in [0.4, 0.5) is 0 Å². The molecule has 2 aromatic rings. The van der Waals surface area contributed by atoms with E-state index in [0.717, 1.165) is 4.90 Å². The number of aromatic amines is 1. The molecule has 1 atom stereocenters. The number of nitrogens with one attached hydrogen (secondary N) is 2. The molecule has 3 N–H and O–H groups in total. The van der Waals surface area contributed by atoms with E-state index in [0.29, 0.717) is 5.69 Å². The number of carbonyl (C=O) groups excluding carboxylic acids is 1. The predicted molar refractivity (Wildman–Crippen MR) is 79.0 cm³/mol. The molecule has 0 radical (unpaired) electrons. The molecule has 21 heavy (non-hydrogen) atoms. The van der Waals surface area contributed by atoms with E-state index in [2.05, 4.69) is 15.3 Å². The molecular weight excluding hydrogens is 290 g/mol. The summed E-state index contributed by atoms with van der Waals surface area (Å²) in [5.74, 6) is -1.20. The number of carboxylic acids is 1. The number of rotatable bonds is 7. The summed E-state index contributed by atoms with van der Waals surface area (Å²) < 4.78 is 0. The van der Waals surface area contributed by atoms with Gasteiger partial charge in [0.15, 0.2) is 0 Å². The smallest absolute Gasteiger partial charge is 0.326 e. The zero-order chi connectivity index (χ0) is 15.1. The Bertz CT molecular complexity index is 587. The van der Waals surface area contributed by atoms with Gasteiger partial charge < -0.3 is 15.4 Å². The molecule has 1 aromatic heterocycles. The van der Waals surface area contributed by atoms with E-state index in [9.17, 15) is 9.59 Å². The fourth-order valence-corrected chi connectivity index (χ4v) is 2.45. The Hall–Kier alpha value is -2.28. The zero-order valence-corrected chi connectivity index (χ0v) is 12.0. The summed E-state index contributed by atoms with van der Waals surface area (Å²) in [6.45, 7) is 0. The van der Waals surface area contributed by atoms with Crippen molar-refractivity contribution >= 4 is 23.6 Å². The number of aliphatic carboxylic acids is 1. The first-order chi connectivity index (χ1) is 10.1. The Labute approximate surface area is 126 Å². The maximum Gasteiger partial charge on any atom is 0.326 e. The molecule has 0 saturated heterocycles. The Morgan fingerprint density at radius 2 is 2.10 bits per heavy atom. The Morgan fingerprint density at radius 3 is 2.71 bits per heavy atom. The number of H-pyrrole nitrogens is 1. The van der Waals surface area contributed by atoms with Gasteiger partial charge >= 0.3 is 5.97 Å². The Morgan fingerprint density at radius 1 is 1.33 bits per heavy atom. The summed E-state index contributed by atoms with van der Waals surface area (Å²) in [7, 11) is 0. The van der Waals surface area contributed by atoms with Gasteiger partial charge in [-0.05, 0) is 12.1 Å². The van der Waals surface area contributed by atoms with E-state index in [1.165, 1.54) is 18.1 Å². The second kappa shape index (κ2) is 7.49. The van der Waals surface area contributed by atoms with Gasteiger partial charge in [0.2, 0.25) is 5.91 Å². The third-order valence-corrected chi connectivity index (χ3v) is 3.74. The molecule has 7 heteroatoms. The number of nitrogens with zero attached hydrogens (tertiary/aromatic N) is 1. The van der Waals surface area contributed by atoms with Crippen molar-refractivity contribution in [3.05, 3.63) is 48.5 Å². The second-order valence-corrected chi connectivity index (χ2v) is 5.39. The Kier molecular flexibility index (Phi) is 5.39. The van der Waals surface area contributed by atoms with Crippen LogP contribution in [0.5, 0.6) is 0 Å². The summed E-state index contributed by atoms with van der Waals surface area (Å²) in [4.78, 5) is 30.6. The van der Waals surface area contributed by atoms with Crippen molar-refractivity contribution in [2.75, 3.05) is 5.75 Å². The molecule has 2 rings (SSSR count). The molecule has 1 aromatic carbocycles. The average Bonchev–Trinajstić information content (AvgIpc) is 2.98. The van der Waals surface area contributed by atoms with E-state index < -0.39 is 12.0 Å². The van der Waals surface area contributed by atoms with Crippen LogP contribution in [-0.4, -0.2) is 38.7 Å². The lowest BCUT2D eigenvalue weighted by molar-refractivity contribution is -0.141. The van der Waals surface area contributed by atoms with E-state index in [1.807, 2.05) is 30.3 Å². The minimum atomic E-state index is -1.07. The van der Waals surface area contributed by atoms with Crippen LogP contribution in [0.3, 0.4) is 0 Å². The normalized spacial score (nSPS) is 11.8. The van der Waals surface area contributed by atoms with Crippen molar-refractivity contribution in [2.24, 2.45) is 0 Å². The molecule has 1 amide bonds. The summed E-state index contributed by atoms with van der Waals surface area (Å²) in [6, 6.07) is 8.51. The minimum Gasteiger partial charge on any atom is -0.480 e. The molecule has 0 saturated carbocycles. The molecule has 0 aliphatic heterocycles. The number of hydrogen-bond acceptors (Lipinski definition) is 4. The van der Waals surface area contributed by atoms with Crippen LogP contribution in [0.1, 0.15) is 5.69 Å². The SMILES string of the molecule is O=C(CSc1ccccc1)N[C@H](Cc1cnc[nH]1)C(=O)O. The molecule has 0 fully saturated rings. The molecular formula is C14H15N3O3S. The van der Waals surface area contributed by atoms with Crippen molar-refractivity contribution in [1.82, 2.24) is 15.3 Å². The van der Waals surface area contributed by atoms with Gasteiger partial charge in [0.25, 0.3) is 0 Å². The highest BCUT2D eigenvalue weighted by atomic mass is 32.2. The molecule has 110 valence electrons. The van der Waals surface area contributed by atoms with Gasteiger partial charge in [0.05, 0.1) is 12.1 Å². The highest BCUT2D eigenvalue weighted by Gasteiger charge is 2.20. The quantitative estimate of drug-likeness (QED) is 0.670. The van der Waals surface area contributed by atoms with Crippen LogP contribution >= 0.6 is 11.8 Å². The molecule has 0 bridgehead atoms. The number of benzene rings is 1. The summed E-state index contributed by atoms with van der Waals surface area (Å²) in [5.41, 5.74) is 0.665. The van der Waals surface area contributed by atoms with E-state index >= 15 is 0 Å². The molecule has 0 spiro atoms. The highest BCUT2D eigenvalue weighted by Crippen LogP contribution is 2.16. The number of imidazole rings is 1. The topological polar surface area (TPSA) is 95.1 Å². The van der Waals surface area contributed by atoms with Gasteiger partial charge in [-0.25, -0.2) is 9.78 Å². The molecule has 0 aliphatic rings. The minimum absolute atomic E-state index is 0.177. The third kappa shape index (κ3) is 4.96. The molecule has 1 heterocycles. The first-order valence-electron chi connectivity index (χ1n) is 6.32. The van der Waals surface area contributed by atoms with Crippen LogP contribution in [0.15, 0.2) is 47.8 Å². The van der Waals surface area contributed by atoms with Crippen LogP contribution in [-0.2, 0) is 16.0 Å². The number of aromatic nitrogens is 2. The molecule has 0 aliphatic carbocycles. The number of thioether (sulfide) groups is 1. The molecule has 6 nitrogen and oxygen atoms in total. The predicted octanol–water partition coefficient (Wildman–Crippen LogP) is 1.31. The standard InChI is InChI=1S/C14H15N3O3S/c18-13(8-21-11-4-2-1-3-5-11)17-12(14(19)20)6-10-7-15-9-16-10/h1-5,7,9,12H,6,8H2,(H,15,16)(H,17,18)(H,19,20)/t12-/m1/s1. The molecule has 0 unspecified atom stereocenters. The fourth-order valence-electron chi connectivity index (χ4n) is 1.72. The van der Waals surface area contributed by atoms with Crippen LogP contribution in [0, 0.1) is 0 Å². The first kappa shape index (κ1) is 15.1. The van der Waals surface area contributed by atoms with Gasteiger partial charge in [-0.15, -0.1) is 11.8 Å². The second-order valence-electron chi connectivity index (χ2n) is 4.34. The zero-order valence-electron chi connectivity index (χ0n) is 11.2. The van der Waals surface area contributed by atoms with Gasteiger partial charge in [-0.1, -0.05) is 18.2 Å². The van der Waals surface area contributed by atoms with Crippen LogP contribution in [0.25, 0.3) is 0 Å². The summed E-state index contributed by atoms with van der Waals surface area (Å²) in [6.07, 6.45) is 3.19. The lowest BCUT2D eigenvalue weighted by Gasteiger charge is -2.13. The number of hydrogen-bond donors (Lipinski definition) is 3. The third-order valence-electron chi connectivity index (χ3n) is 2.73. The maximum absolute atomic E-state index is 11.8. The van der Waals surface area contributed by atoms with Gasteiger partial charge in [-0.2, -0.15) is 0 Å². The summed E-state index contributed by atoms with van der Waals surface area (Å²) >= 11 is 1.37. The summed E-state index contributed by atoms with van der Waals surface area (Å²) in [5, 5.41) is 11.7. The average molecular weight is 305 g/mol. The fraction of sp³-hybridized carbons (Fsp3) is 0.214. The number of amides is 1. The van der Waals surface area contributed by atoms with Gasteiger partial charge in [0, 0.05) is 23.2 Å². The van der Waals surface area contributed by atoms with Crippen molar-refractivity contribution < 1.29 is 14.7 Å². The van der Waals surface area contributed by atoms with E-state index in [1.54, 1.807) is 6.20 Å². The Balaban J connectivity index is 1.85. The monoisotopic (exact) mass is 305 g/mol. The van der Waals surface area contributed by atoms with Crippen molar-refractivity contribution in [3.63, 3.8) is 0 Å². The van der Waals surface area contributed by atoms with Crippen LogP contribution < -0.4 is 5.32 Å². The lowest BCUT2D eigenvalue weighted by Crippen LogP contribution is -2.43. The van der Waals surface area contributed by atoms with Gasteiger partial charge in [-0.3, -0.25) is 4.79 Å². The number of carboxylic acid groups (broad SMARTS) is 1. The van der Waals surface area contributed by atoms with Crippen LogP contribution in [0.2, 0.25) is 0 Å². The van der Waals surface area contributed by atoms with E-state index in [-0.39, 0.29) is 18.1 Å². The van der Waals surface area contributed by atoms with E-state index in [4.69, 9.17) is 5.11 Å². The highest BCUT2D eigenvalue weighted by molar-refractivity contribution is 8.00. The van der Waals surface area contributed by atoms with Crippen molar-refractivity contribution in [2.45, 2.75) is 17.4 Å². The van der Waals surface area contributed by atoms with Gasteiger partial charge in [0.1, 0.15) is 6.04 Å². The van der Waals surface area contributed by atoms with Crippen molar-refractivity contribution in [3.8, 4) is 0 Å².